The monoisotopic (exact) mass is 1010 g/mol. The summed E-state index contributed by atoms with van der Waals surface area (Å²) in [5.74, 6) is -2.82. The van der Waals surface area contributed by atoms with E-state index in [1.54, 1.807) is 34.6 Å². The molecule has 6 rings (SSSR count). The van der Waals surface area contributed by atoms with Crippen LogP contribution in [0.2, 0.25) is 20.1 Å². The Bertz CT molecular complexity index is 2620. The number of carbonyl (C=O) groups is 3. The van der Waals surface area contributed by atoms with Crippen LogP contribution in [-0.2, 0) is 25.6 Å². The molecule has 2 aliphatic rings. The summed E-state index contributed by atoms with van der Waals surface area (Å²) in [4.78, 5) is 47.1. The zero-order chi connectivity index (χ0) is 48.8. The molecule has 0 aromatic heterocycles. The van der Waals surface area contributed by atoms with E-state index in [9.17, 15) is 49.5 Å². The highest BCUT2D eigenvalue weighted by molar-refractivity contribution is 6.67. The van der Waals surface area contributed by atoms with Gasteiger partial charge in [-0.2, -0.15) is 26.3 Å². The first kappa shape index (κ1) is 51.1. The van der Waals surface area contributed by atoms with Gasteiger partial charge in [-0.1, -0.05) is 75.4 Å². The molecule has 0 saturated carbocycles. The second kappa shape index (κ2) is 18.7. The zero-order valence-corrected chi connectivity index (χ0v) is 38.0. The Kier molecular flexibility index (Phi) is 14.7. The highest BCUT2D eigenvalue weighted by Crippen LogP contribution is 2.51. The normalized spacial score (nSPS) is 18.4. The summed E-state index contributed by atoms with van der Waals surface area (Å²) in [6, 6.07) is 11.7. The van der Waals surface area contributed by atoms with Crippen LogP contribution in [0.4, 0.5) is 39.9 Å². The van der Waals surface area contributed by atoms with E-state index in [-0.39, 0.29) is 28.1 Å². The lowest BCUT2D eigenvalue weighted by Crippen LogP contribution is -2.42. The first-order valence-corrected chi connectivity index (χ1v) is 20.4. The Morgan fingerprint density at radius 2 is 1.06 bits per heavy atom. The van der Waals surface area contributed by atoms with Gasteiger partial charge < -0.3 is 14.4 Å². The Morgan fingerprint density at radius 1 is 0.692 bits per heavy atom. The lowest BCUT2D eigenvalue weighted by Gasteiger charge is -2.29. The van der Waals surface area contributed by atoms with Crippen LogP contribution in [0.1, 0.15) is 87.7 Å². The van der Waals surface area contributed by atoms with Gasteiger partial charge in [0.15, 0.2) is 11.6 Å². The van der Waals surface area contributed by atoms with E-state index < -0.39 is 102 Å². The minimum absolute atomic E-state index is 0.00873. The number of oxime groups is 2. The molecule has 65 heavy (non-hydrogen) atoms. The SMILES string of the molecule is C=CN(C(=O)OC(C)(C)C)C(=O)c1ccc(C2=NO[C@@](c3cc(Cl)c(F)c(Cl)c3)(C(F)(F)F)C2)cc1C.Cc1cc(C2=NO[C@@](c3cc(Cl)c(F)c(Cl)c3)(C(F)(F)F)C2)ccc1C(=O)Cl. The number of hydrogen-bond donors (Lipinski definition) is 0. The van der Waals surface area contributed by atoms with Crippen molar-refractivity contribution in [1.82, 2.24) is 4.90 Å². The Labute approximate surface area is 390 Å². The minimum atomic E-state index is -4.97. The summed E-state index contributed by atoms with van der Waals surface area (Å²) in [6.07, 6.45) is -11.2. The molecule has 9 nitrogen and oxygen atoms in total. The van der Waals surface area contributed by atoms with Gasteiger partial charge in [-0.3, -0.25) is 9.59 Å². The molecule has 346 valence electrons. The van der Waals surface area contributed by atoms with Crippen LogP contribution in [0.3, 0.4) is 0 Å². The number of hydrogen-bond acceptors (Lipinski definition) is 8. The van der Waals surface area contributed by atoms with Crippen LogP contribution < -0.4 is 0 Å². The van der Waals surface area contributed by atoms with Crippen LogP contribution >= 0.6 is 58.0 Å². The van der Waals surface area contributed by atoms with Gasteiger partial charge in [0.05, 0.1) is 31.5 Å². The molecular weight excluding hydrogens is 984 g/mol. The maximum atomic E-state index is 14.2. The number of rotatable bonds is 7. The van der Waals surface area contributed by atoms with E-state index in [0.29, 0.717) is 21.6 Å². The number of benzene rings is 4. The van der Waals surface area contributed by atoms with Gasteiger partial charge in [0.2, 0.25) is 0 Å². The van der Waals surface area contributed by atoms with Gasteiger partial charge in [0.25, 0.3) is 22.4 Å². The van der Waals surface area contributed by atoms with E-state index in [0.717, 1.165) is 30.5 Å². The fourth-order valence-corrected chi connectivity index (χ4v) is 7.71. The average Bonchev–Trinajstić information content (AvgIpc) is 3.86. The number of amides is 2. The highest BCUT2D eigenvalue weighted by Gasteiger charge is 2.63. The molecule has 2 atom stereocenters. The zero-order valence-electron chi connectivity index (χ0n) is 34.2. The predicted octanol–water partition coefficient (Wildman–Crippen LogP) is 13.9. The third-order valence-corrected chi connectivity index (χ3v) is 11.1. The van der Waals surface area contributed by atoms with E-state index >= 15 is 0 Å². The van der Waals surface area contributed by atoms with Gasteiger partial charge in [0.1, 0.15) is 5.60 Å². The highest BCUT2D eigenvalue weighted by atomic mass is 35.5. The van der Waals surface area contributed by atoms with Crippen molar-refractivity contribution in [2.24, 2.45) is 10.3 Å². The summed E-state index contributed by atoms with van der Waals surface area (Å²) in [7, 11) is 0. The van der Waals surface area contributed by atoms with Crippen LogP contribution in [0, 0.1) is 25.5 Å². The third kappa shape index (κ3) is 10.4. The summed E-state index contributed by atoms with van der Waals surface area (Å²) >= 11 is 28.2. The Hall–Kier alpha value is -4.94. The van der Waals surface area contributed by atoms with Crippen LogP contribution in [0.5, 0.6) is 0 Å². The fraction of sp³-hybridized carbons (Fsp3) is 0.279. The number of imide groups is 1. The maximum absolute atomic E-state index is 14.2. The lowest BCUT2D eigenvalue weighted by atomic mass is 9.86. The van der Waals surface area contributed by atoms with Gasteiger partial charge in [-0.15, -0.1) is 0 Å². The molecule has 4 aromatic carbocycles. The second-order valence-electron chi connectivity index (χ2n) is 15.4. The number of carbonyl (C=O) groups excluding carboxylic acids is 3. The summed E-state index contributed by atoms with van der Waals surface area (Å²) < 4.78 is 117. The average molecular weight is 1020 g/mol. The molecule has 0 N–H and O–H groups in total. The summed E-state index contributed by atoms with van der Waals surface area (Å²) in [5, 5.41) is 4.23. The molecule has 0 saturated heterocycles. The quantitative estimate of drug-likeness (QED) is 0.104. The molecule has 0 unspecified atom stereocenters. The van der Waals surface area contributed by atoms with Gasteiger partial charge in [0, 0.05) is 41.3 Å². The number of nitrogens with zero attached hydrogens (tertiary/aromatic N) is 3. The lowest BCUT2D eigenvalue weighted by molar-refractivity contribution is -0.276. The van der Waals surface area contributed by atoms with Crippen molar-refractivity contribution in [2.75, 3.05) is 0 Å². The molecule has 0 aliphatic carbocycles. The standard InChI is InChI=1S/C25H22Cl2F4N2O4.C18H10Cl3F4NO2/c1-6-33(22(35)36-23(3,4)5)21(34)16-8-7-14(9-13(16)2)19-12-24(37-32-19,25(29,30)31)15-10-17(26)20(28)18(27)11-15;1-8-4-9(2-3-11(8)16(21)27)14-7-17(28-26-14,18(23,24)25)10-5-12(19)15(22)13(20)6-10/h6-11H,1,12H2,2-5H3;2-6H,7H2,1H3/t24-;17-/m00/s1. The largest absolute Gasteiger partial charge is 0.443 e. The Balaban J connectivity index is 0.000000253. The molecule has 2 heterocycles. The summed E-state index contributed by atoms with van der Waals surface area (Å²) in [5.41, 5.74) is -6.08. The van der Waals surface area contributed by atoms with Crippen molar-refractivity contribution < 1.29 is 63.9 Å². The molecule has 0 fully saturated rings. The molecule has 2 aliphatic heterocycles. The molecule has 0 spiro atoms. The van der Waals surface area contributed by atoms with Crippen LogP contribution in [-0.4, -0.2) is 51.5 Å². The maximum Gasteiger partial charge on any atom is 0.435 e. The number of ether oxygens (including phenoxy) is 1. The second-order valence-corrected chi connectivity index (χ2v) is 17.4. The van der Waals surface area contributed by atoms with Gasteiger partial charge in [-0.05, 0) is 117 Å². The number of alkyl halides is 6. The van der Waals surface area contributed by atoms with Crippen LogP contribution in [0.25, 0.3) is 0 Å². The smallest absolute Gasteiger partial charge is 0.435 e. The topological polar surface area (TPSA) is 107 Å². The van der Waals surface area contributed by atoms with Crippen molar-refractivity contribution in [3.63, 3.8) is 0 Å². The predicted molar refractivity (Wildman–Crippen MR) is 228 cm³/mol. The van der Waals surface area contributed by atoms with Crippen molar-refractivity contribution in [1.29, 1.82) is 0 Å². The van der Waals surface area contributed by atoms with Gasteiger partial charge >= 0.3 is 18.4 Å². The van der Waals surface area contributed by atoms with Crippen molar-refractivity contribution >= 4 is 86.7 Å². The molecule has 0 radical (unpaired) electrons. The van der Waals surface area contributed by atoms with Gasteiger partial charge in [-0.25, -0.2) is 18.5 Å². The summed E-state index contributed by atoms with van der Waals surface area (Å²) in [6.45, 7) is 11.5. The fourth-order valence-electron chi connectivity index (χ4n) is 6.52. The first-order valence-electron chi connectivity index (χ1n) is 18.5. The van der Waals surface area contributed by atoms with E-state index in [4.69, 9.17) is 72.4 Å². The number of halogens is 13. The van der Waals surface area contributed by atoms with E-state index in [2.05, 4.69) is 16.9 Å². The molecule has 2 amide bonds. The van der Waals surface area contributed by atoms with Crippen molar-refractivity contribution in [3.8, 4) is 0 Å². The van der Waals surface area contributed by atoms with E-state index in [1.807, 2.05) is 0 Å². The van der Waals surface area contributed by atoms with Crippen molar-refractivity contribution in [3.05, 3.63) is 150 Å². The van der Waals surface area contributed by atoms with Crippen LogP contribution in [0.15, 0.2) is 83.8 Å². The molecule has 4 aromatic rings. The van der Waals surface area contributed by atoms with E-state index in [1.165, 1.54) is 36.4 Å². The molecule has 0 bridgehead atoms. The third-order valence-electron chi connectivity index (χ3n) is 9.83. The first-order chi connectivity index (χ1) is 30.0. The van der Waals surface area contributed by atoms with Crippen molar-refractivity contribution in [2.45, 2.75) is 76.6 Å². The Morgan fingerprint density at radius 3 is 1.37 bits per heavy atom. The molecular formula is C43H32Cl5F8N3O6. The molecule has 22 heteroatoms. The number of aryl methyl sites for hydroxylation is 2. The minimum Gasteiger partial charge on any atom is -0.443 e.